The Labute approximate surface area is 150 Å². The minimum atomic E-state index is -0.121. The maximum absolute atomic E-state index is 11.9. The van der Waals surface area contributed by atoms with Crippen LogP contribution in [-0.4, -0.2) is 37.4 Å². The summed E-state index contributed by atoms with van der Waals surface area (Å²) in [7, 11) is 3.62. The number of nitrogens with one attached hydrogen (secondary N) is 2. The van der Waals surface area contributed by atoms with Gasteiger partial charge >= 0.3 is 0 Å². The molecule has 7 heteroatoms. The van der Waals surface area contributed by atoms with Gasteiger partial charge in [-0.2, -0.15) is 0 Å². The van der Waals surface area contributed by atoms with E-state index in [-0.39, 0.29) is 12.5 Å². The highest BCUT2D eigenvalue weighted by Crippen LogP contribution is 2.11. The molecule has 1 aromatic carbocycles. The minimum absolute atomic E-state index is 0.121. The van der Waals surface area contributed by atoms with Crippen molar-refractivity contribution in [2.75, 3.05) is 20.6 Å². The molecule has 0 unspecified atom stereocenters. The van der Waals surface area contributed by atoms with Crippen molar-refractivity contribution < 1.29 is 9.21 Å². The van der Waals surface area contributed by atoms with Gasteiger partial charge in [0.1, 0.15) is 5.76 Å². The Kier molecular flexibility index (Phi) is 6.87. The largest absolute Gasteiger partial charge is 0.467 e. The average molecular weight is 393 g/mol. The SMILES string of the molecule is CN=C(NCC(=O)NCc1ccco1)N(C)Cc1ccc(Br)cc1. The summed E-state index contributed by atoms with van der Waals surface area (Å²) in [5.41, 5.74) is 1.16. The number of amides is 1. The number of nitrogens with zero attached hydrogens (tertiary/aromatic N) is 2. The van der Waals surface area contributed by atoms with Crippen LogP contribution in [0.25, 0.3) is 0 Å². The number of benzene rings is 1. The predicted octanol–water partition coefficient (Wildman–Crippen LogP) is 2.37. The monoisotopic (exact) mass is 392 g/mol. The van der Waals surface area contributed by atoms with Gasteiger partial charge in [0.05, 0.1) is 19.4 Å². The zero-order chi connectivity index (χ0) is 17.4. The van der Waals surface area contributed by atoms with Crippen LogP contribution in [-0.2, 0) is 17.9 Å². The molecule has 2 rings (SSSR count). The molecular weight excluding hydrogens is 372 g/mol. The summed E-state index contributed by atoms with van der Waals surface area (Å²) in [5.74, 6) is 1.26. The number of halogens is 1. The first-order valence-corrected chi connectivity index (χ1v) is 8.33. The molecule has 0 fully saturated rings. The molecule has 0 radical (unpaired) electrons. The fourth-order valence-corrected chi connectivity index (χ4v) is 2.41. The summed E-state index contributed by atoms with van der Waals surface area (Å²) < 4.78 is 6.22. The third-order valence-corrected chi connectivity index (χ3v) is 3.88. The maximum atomic E-state index is 11.9. The van der Waals surface area contributed by atoms with Gasteiger partial charge in [0, 0.05) is 25.1 Å². The summed E-state index contributed by atoms with van der Waals surface area (Å²) in [5, 5.41) is 5.84. The lowest BCUT2D eigenvalue weighted by Gasteiger charge is -2.22. The van der Waals surface area contributed by atoms with E-state index < -0.39 is 0 Å². The number of guanidine groups is 1. The van der Waals surface area contributed by atoms with Crippen LogP contribution >= 0.6 is 15.9 Å². The second-order valence-corrected chi connectivity index (χ2v) is 6.16. The molecule has 0 aliphatic heterocycles. The van der Waals surface area contributed by atoms with Crippen LogP contribution in [0.4, 0.5) is 0 Å². The van der Waals surface area contributed by atoms with Gasteiger partial charge in [-0.3, -0.25) is 9.79 Å². The van der Waals surface area contributed by atoms with Crippen LogP contribution in [0.1, 0.15) is 11.3 Å². The van der Waals surface area contributed by atoms with Crippen molar-refractivity contribution in [2.45, 2.75) is 13.1 Å². The lowest BCUT2D eigenvalue weighted by Crippen LogP contribution is -2.43. The van der Waals surface area contributed by atoms with E-state index in [0.29, 0.717) is 19.0 Å². The first-order valence-electron chi connectivity index (χ1n) is 7.54. The van der Waals surface area contributed by atoms with E-state index in [0.717, 1.165) is 15.8 Å². The Balaban J connectivity index is 1.78. The van der Waals surface area contributed by atoms with Gasteiger partial charge in [-0.1, -0.05) is 28.1 Å². The molecule has 2 aromatic rings. The third-order valence-electron chi connectivity index (χ3n) is 3.35. The molecule has 1 amide bonds. The molecule has 0 bridgehead atoms. The van der Waals surface area contributed by atoms with Crippen LogP contribution in [0.5, 0.6) is 0 Å². The van der Waals surface area contributed by atoms with Gasteiger partial charge < -0.3 is 20.0 Å². The number of aliphatic imine (C=N–C) groups is 1. The minimum Gasteiger partial charge on any atom is -0.467 e. The predicted molar refractivity (Wildman–Crippen MR) is 97.5 cm³/mol. The smallest absolute Gasteiger partial charge is 0.239 e. The Morgan fingerprint density at radius 2 is 2.00 bits per heavy atom. The van der Waals surface area contributed by atoms with E-state index in [1.807, 2.05) is 42.3 Å². The quantitative estimate of drug-likeness (QED) is 0.584. The van der Waals surface area contributed by atoms with Crippen molar-refractivity contribution in [1.29, 1.82) is 0 Å². The van der Waals surface area contributed by atoms with Crippen molar-refractivity contribution in [3.8, 4) is 0 Å². The first-order chi connectivity index (χ1) is 11.6. The second kappa shape index (κ2) is 9.12. The zero-order valence-electron chi connectivity index (χ0n) is 13.8. The van der Waals surface area contributed by atoms with Gasteiger partial charge in [-0.05, 0) is 29.8 Å². The molecule has 1 heterocycles. The normalized spacial score (nSPS) is 11.2. The van der Waals surface area contributed by atoms with Gasteiger partial charge in [0.2, 0.25) is 5.91 Å². The topological polar surface area (TPSA) is 69.9 Å². The molecule has 0 aliphatic carbocycles. The van der Waals surface area contributed by atoms with Gasteiger partial charge in [-0.25, -0.2) is 0 Å². The highest BCUT2D eigenvalue weighted by atomic mass is 79.9. The lowest BCUT2D eigenvalue weighted by molar-refractivity contribution is -0.120. The summed E-state index contributed by atoms with van der Waals surface area (Å²) in [4.78, 5) is 18.1. The Morgan fingerprint density at radius 1 is 1.25 bits per heavy atom. The molecule has 6 nitrogen and oxygen atoms in total. The fourth-order valence-electron chi connectivity index (χ4n) is 2.14. The molecule has 0 atom stereocenters. The Hall–Kier alpha value is -2.28. The molecule has 128 valence electrons. The van der Waals surface area contributed by atoms with Crippen molar-refractivity contribution >= 4 is 27.8 Å². The van der Waals surface area contributed by atoms with Crippen molar-refractivity contribution in [3.05, 3.63) is 58.5 Å². The number of carbonyl (C=O) groups is 1. The number of hydrogen-bond donors (Lipinski definition) is 2. The average Bonchev–Trinajstić information content (AvgIpc) is 3.09. The summed E-state index contributed by atoms with van der Waals surface area (Å²) in [6.45, 7) is 1.22. The summed E-state index contributed by atoms with van der Waals surface area (Å²) in [6, 6.07) is 11.7. The second-order valence-electron chi connectivity index (χ2n) is 5.24. The summed E-state index contributed by atoms with van der Waals surface area (Å²) in [6.07, 6.45) is 1.58. The van der Waals surface area contributed by atoms with Crippen molar-refractivity contribution in [1.82, 2.24) is 15.5 Å². The fraction of sp³-hybridized carbons (Fsp3) is 0.294. The van der Waals surface area contributed by atoms with Gasteiger partial charge in [0.25, 0.3) is 0 Å². The van der Waals surface area contributed by atoms with Crippen LogP contribution in [0.15, 0.2) is 56.5 Å². The van der Waals surface area contributed by atoms with Crippen LogP contribution in [0, 0.1) is 0 Å². The molecular formula is C17H21BrN4O2. The maximum Gasteiger partial charge on any atom is 0.239 e. The standard InChI is InChI=1S/C17H21BrN4O2/c1-19-17(22(2)12-13-5-7-14(18)8-6-13)21-11-16(23)20-10-15-4-3-9-24-15/h3-9H,10-12H2,1-2H3,(H,19,21)(H,20,23). The number of hydrogen-bond acceptors (Lipinski definition) is 3. The van der Waals surface area contributed by atoms with Gasteiger partial charge in [0.15, 0.2) is 5.96 Å². The van der Waals surface area contributed by atoms with E-state index in [9.17, 15) is 4.79 Å². The molecule has 1 aromatic heterocycles. The number of rotatable bonds is 6. The van der Waals surface area contributed by atoms with Crippen molar-refractivity contribution in [3.63, 3.8) is 0 Å². The van der Waals surface area contributed by atoms with E-state index in [1.54, 1.807) is 19.4 Å². The van der Waals surface area contributed by atoms with Gasteiger partial charge in [-0.15, -0.1) is 0 Å². The van der Waals surface area contributed by atoms with Crippen LogP contribution < -0.4 is 10.6 Å². The molecule has 0 spiro atoms. The molecule has 0 saturated heterocycles. The van der Waals surface area contributed by atoms with Crippen molar-refractivity contribution in [2.24, 2.45) is 4.99 Å². The molecule has 24 heavy (non-hydrogen) atoms. The lowest BCUT2D eigenvalue weighted by atomic mass is 10.2. The number of furan rings is 1. The molecule has 0 aliphatic rings. The van der Waals surface area contributed by atoms with E-state index in [1.165, 1.54) is 0 Å². The van der Waals surface area contributed by atoms with E-state index in [4.69, 9.17) is 4.42 Å². The highest BCUT2D eigenvalue weighted by Gasteiger charge is 2.09. The Morgan fingerprint density at radius 3 is 2.62 bits per heavy atom. The third kappa shape index (κ3) is 5.73. The zero-order valence-corrected chi connectivity index (χ0v) is 15.3. The van der Waals surface area contributed by atoms with E-state index in [2.05, 4.69) is 31.6 Å². The van der Waals surface area contributed by atoms with Crippen LogP contribution in [0.3, 0.4) is 0 Å². The summed E-state index contributed by atoms with van der Waals surface area (Å²) >= 11 is 3.42. The molecule has 2 N–H and O–H groups in total. The highest BCUT2D eigenvalue weighted by molar-refractivity contribution is 9.10. The number of carbonyl (C=O) groups excluding carboxylic acids is 1. The molecule has 0 saturated carbocycles. The Bertz CT molecular complexity index is 668. The van der Waals surface area contributed by atoms with E-state index >= 15 is 0 Å². The first kappa shape index (κ1) is 18.1. The van der Waals surface area contributed by atoms with Crippen LogP contribution in [0.2, 0.25) is 0 Å².